The van der Waals surface area contributed by atoms with Crippen LogP contribution in [-0.2, 0) is 11.3 Å². The van der Waals surface area contributed by atoms with E-state index < -0.39 is 0 Å². The maximum absolute atomic E-state index is 12.0. The van der Waals surface area contributed by atoms with Crippen molar-refractivity contribution in [1.82, 2.24) is 9.55 Å². The molecule has 1 aromatic carbocycles. The summed E-state index contributed by atoms with van der Waals surface area (Å²) in [5, 5.41) is 2.93. The molecule has 1 unspecified atom stereocenters. The molecular formula is C15H18BrN3O. The number of rotatable bonds is 5. The van der Waals surface area contributed by atoms with Crippen molar-refractivity contribution in [1.29, 1.82) is 0 Å². The van der Waals surface area contributed by atoms with Gasteiger partial charge < -0.3 is 9.88 Å². The van der Waals surface area contributed by atoms with Crippen molar-refractivity contribution >= 4 is 27.5 Å². The van der Waals surface area contributed by atoms with Gasteiger partial charge in [-0.2, -0.15) is 0 Å². The third-order valence-electron chi connectivity index (χ3n) is 2.95. The van der Waals surface area contributed by atoms with Crippen LogP contribution in [0.2, 0.25) is 0 Å². The molecule has 4 nitrogen and oxygen atoms in total. The molecule has 0 saturated carbocycles. The minimum absolute atomic E-state index is 0.0141. The standard InChI is InChI=1S/C15H18BrN3O/c1-11(2)14(16)15(20)18-13-5-3-4-12(8-13)9-19-7-6-17-10-19/h3-8,10-11,14H,9H2,1-2H3,(H,18,20). The van der Waals surface area contributed by atoms with E-state index in [1.54, 1.807) is 12.5 Å². The van der Waals surface area contributed by atoms with Gasteiger partial charge in [-0.15, -0.1) is 0 Å². The molecule has 1 amide bonds. The first-order chi connectivity index (χ1) is 9.56. The van der Waals surface area contributed by atoms with E-state index in [2.05, 4.69) is 26.2 Å². The Morgan fingerprint density at radius 1 is 1.45 bits per heavy atom. The Morgan fingerprint density at radius 3 is 2.90 bits per heavy atom. The Balaban J connectivity index is 2.04. The van der Waals surface area contributed by atoms with Gasteiger partial charge in [-0.3, -0.25) is 4.79 Å². The van der Waals surface area contributed by atoms with Crippen LogP contribution < -0.4 is 5.32 Å². The molecule has 1 heterocycles. The van der Waals surface area contributed by atoms with Gasteiger partial charge in [0.1, 0.15) is 0 Å². The fourth-order valence-corrected chi connectivity index (χ4v) is 1.97. The summed E-state index contributed by atoms with van der Waals surface area (Å²) in [6, 6.07) is 7.86. The van der Waals surface area contributed by atoms with Gasteiger partial charge in [0.25, 0.3) is 0 Å². The molecule has 1 atom stereocenters. The Morgan fingerprint density at radius 2 is 2.25 bits per heavy atom. The van der Waals surface area contributed by atoms with Gasteiger partial charge >= 0.3 is 0 Å². The molecule has 2 rings (SSSR count). The molecule has 0 radical (unpaired) electrons. The first-order valence-corrected chi connectivity index (χ1v) is 7.47. The number of nitrogens with zero attached hydrogens (tertiary/aromatic N) is 2. The van der Waals surface area contributed by atoms with Gasteiger partial charge in [0.05, 0.1) is 11.2 Å². The van der Waals surface area contributed by atoms with Crippen molar-refractivity contribution in [3.05, 3.63) is 48.5 Å². The molecule has 2 aromatic rings. The highest BCUT2D eigenvalue weighted by Crippen LogP contribution is 2.17. The van der Waals surface area contributed by atoms with Crippen LogP contribution in [0.4, 0.5) is 5.69 Å². The third kappa shape index (κ3) is 3.93. The number of hydrogen-bond acceptors (Lipinski definition) is 2. The molecule has 0 spiro atoms. The summed E-state index contributed by atoms with van der Waals surface area (Å²) in [5.74, 6) is 0.240. The van der Waals surface area contributed by atoms with Gasteiger partial charge in [-0.05, 0) is 23.6 Å². The maximum atomic E-state index is 12.0. The Kier molecular flexibility index (Phi) is 4.95. The molecule has 0 aliphatic heterocycles. The molecular weight excluding hydrogens is 318 g/mol. The number of alkyl halides is 1. The lowest BCUT2D eigenvalue weighted by molar-refractivity contribution is -0.116. The lowest BCUT2D eigenvalue weighted by atomic mass is 10.1. The van der Waals surface area contributed by atoms with Gasteiger partial charge in [0, 0.05) is 24.6 Å². The molecule has 0 aliphatic rings. The number of halogens is 1. The van der Waals surface area contributed by atoms with Crippen molar-refractivity contribution in [3.8, 4) is 0 Å². The largest absolute Gasteiger partial charge is 0.333 e. The van der Waals surface area contributed by atoms with E-state index in [9.17, 15) is 4.79 Å². The molecule has 1 aromatic heterocycles. The number of benzene rings is 1. The predicted molar refractivity (Wildman–Crippen MR) is 84.0 cm³/mol. The zero-order valence-corrected chi connectivity index (χ0v) is 13.2. The summed E-state index contributed by atoms with van der Waals surface area (Å²) in [4.78, 5) is 15.8. The van der Waals surface area contributed by atoms with E-state index in [0.29, 0.717) is 0 Å². The number of carbonyl (C=O) groups excluding carboxylic acids is 1. The fourth-order valence-electron chi connectivity index (χ4n) is 1.85. The number of nitrogens with one attached hydrogen (secondary N) is 1. The second-order valence-corrected chi connectivity index (χ2v) is 6.06. The Hall–Kier alpha value is -1.62. The second-order valence-electron chi connectivity index (χ2n) is 5.07. The SMILES string of the molecule is CC(C)C(Br)C(=O)Nc1cccc(Cn2ccnc2)c1. The van der Waals surface area contributed by atoms with E-state index in [4.69, 9.17) is 0 Å². The smallest absolute Gasteiger partial charge is 0.238 e. The average molecular weight is 336 g/mol. The van der Waals surface area contributed by atoms with Gasteiger partial charge in [0.15, 0.2) is 0 Å². The van der Waals surface area contributed by atoms with Crippen LogP contribution >= 0.6 is 15.9 Å². The van der Waals surface area contributed by atoms with E-state index in [1.165, 1.54) is 0 Å². The zero-order chi connectivity index (χ0) is 14.5. The summed E-state index contributed by atoms with van der Waals surface area (Å²) >= 11 is 3.41. The zero-order valence-electron chi connectivity index (χ0n) is 11.6. The molecule has 0 saturated heterocycles. The molecule has 0 aliphatic carbocycles. The van der Waals surface area contributed by atoms with E-state index in [1.807, 2.05) is 48.9 Å². The van der Waals surface area contributed by atoms with Crippen molar-refractivity contribution in [2.45, 2.75) is 25.2 Å². The summed E-state index contributed by atoms with van der Waals surface area (Å²) in [7, 11) is 0. The van der Waals surface area contributed by atoms with Crippen molar-refractivity contribution in [2.75, 3.05) is 5.32 Å². The molecule has 0 fully saturated rings. The topological polar surface area (TPSA) is 46.9 Å². The number of anilines is 1. The van der Waals surface area contributed by atoms with E-state index >= 15 is 0 Å². The normalized spacial score (nSPS) is 12.4. The highest BCUT2D eigenvalue weighted by molar-refractivity contribution is 9.10. The van der Waals surface area contributed by atoms with Crippen LogP contribution in [0.3, 0.4) is 0 Å². The van der Waals surface area contributed by atoms with Crippen molar-refractivity contribution < 1.29 is 4.79 Å². The summed E-state index contributed by atoms with van der Waals surface area (Å²) in [6.07, 6.45) is 5.45. The lowest BCUT2D eigenvalue weighted by Gasteiger charge is -2.14. The number of aromatic nitrogens is 2. The van der Waals surface area contributed by atoms with Crippen LogP contribution in [0.1, 0.15) is 19.4 Å². The lowest BCUT2D eigenvalue weighted by Crippen LogP contribution is -2.27. The van der Waals surface area contributed by atoms with E-state index in [0.717, 1.165) is 17.8 Å². The predicted octanol–water partition coefficient (Wildman–Crippen LogP) is 3.29. The Bertz CT molecular complexity index is 566. The van der Waals surface area contributed by atoms with Gasteiger partial charge in [-0.25, -0.2) is 4.98 Å². The first-order valence-electron chi connectivity index (χ1n) is 6.56. The highest BCUT2D eigenvalue weighted by atomic mass is 79.9. The number of hydrogen-bond donors (Lipinski definition) is 1. The Labute approximate surface area is 127 Å². The van der Waals surface area contributed by atoms with Gasteiger partial charge in [-0.1, -0.05) is 41.9 Å². The summed E-state index contributed by atoms with van der Waals surface area (Å²) in [6.45, 7) is 4.76. The van der Waals surface area contributed by atoms with Crippen LogP contribution in [-0.4, -0.2) is 20.3 Å². The monoisotopic (exact) mass is 335 g/mol. The molecule has 0 bridgehead atoms. The van der Waals surface area contributed by atoms with Crippen LogP contribution in [0.15, 0.2) is 43.0 Å². The second kappa shape index (κ2) is 6.70. The number of carbonyl (C=O) groups is 1. The van der Waals surface area contributed by atoms with Crippen molar-refractivity contribution in [2.24, 2.45) is 5.92 Å². The quantitative estimate of drug-likeness (QED) is 0.852. The average Bonchev–Trinajstić information content (AvgIpc) is 2.91. The van der Waals surface area contributed by atoms with E-state index in [-0.39, 0.29) is 16.7 Å². The number of imidazole rings is 1. The van der Waals surface area contributed by atoms with Crippen LogP contribution in [0.25, 0.3) is 0 Å². The van der Waals surface area contributed by atoms with Crippen LogP contribution in [0.5, 0.6) is 0 Å². The minimum atomic E-state index is -0.181. The highest BCUT2D eigenvalue weighted by Gasteiger charge is 2.18. The molecule has 5 heteroatoms. The molecule has 106 valence electrons. The summed E-state index contributed by atoms with van der Waals surface area (Å²) in [5.41, 5.74) is 1.94. The third-order valence-corrected chi connectivity index (χ3v) is 4.43. The first kappa shape index (κ1) is 14.8. The number of amides is 1. The van der Waals surface area contributed by atoms with Crippen LogP contribution in [0, 0.1) is 5.92 Å². The summed E-state index contributed by atoms with van der Waals surface area (Å²) < 4.78 is 1.99. The molecule has 1 N–H and O–H groups in total. The van der Waals surface area contributed by atoms with Crippen molar-refractivity contribution in [3.63, 3.8) is 0 Å². The minimum Gasteiger partial charge on any atom is -0.333 e. The molecule has 20 heavy (non-hydrogen) atoms. The maximum Gasteiger partial charge on any atom is 0.238 e. The van der Waals surface area contributed by atoms with Gasteiger partial charge in [0.2, 0.25) is 5.91 Å². The fraction of sp³-hybridized carbons (Fsp3) is 0.333.